The standard InChI is InChI=1S/C11H20N2O4S/c1-7(6-18(5,16)17)13-8(2)9(14)12-11(3,4)10(13)15/h7-8H,6H2,1-5H3,(H,12,14). The lowest BCUT2D eigenvalue weighted by Gasteiger charge is -2.44. The van der Waals surface area contributed by atoms with Gasteiger partial charge in [-0.3, -0.25) is 9.59 Å². The van der Waals surface area contributed by atoms with E-state index in [-0.39, 0.29) is 17.6 Å². The molecule has 1 saturated heterocycles. The summed E-state index contributed by atoms with van der Waals surface area (Å²) in [5, 5.41) is 2.62. The highest BCUT2D eigenvalue weighted by molar-refractivity contribution is 7.90. The Morgan fingerprint density at radius 2 is 1.89 bits per heavy atom. The molecule has 0 aromatic carbocycles. The van der Waals surface area contributed by atoms with Crippen LogP contribution >= 0.6 is 0 Å². The molecule has 2 unspecified atom stereocenters. The van der Waals surface area contributed by atoms with Crippen LogP contribution in [-0.2, 0) is 19.4 Å². The van der Waals surface area contributed by atoms with E-state index in [0.717, 1.165) is 6.26 Å². The third kappa shape index (κ3) is 3.01. The first-order valence-electron chi connectivity index (χ1n) is 5.78. The van der Waals surface area contributed by atoms with Crippen molar-refractivity contribution in [1.82, 2.24) is 10.2 Å². The largest absolute Gasteiger partial charge is 0.340 e. The molecule has 7 heteroatoms. The molecule has 0 bridgehead atoms. The van der Waals surface area contributed by atoms with Gasteiger partial charge in [-0.2, -0.15) is 0 Å². The summed E-state index contributed by atoms with van der Waals surface area (Å²) in [6, 6.07) is -1.17. The maximum Gasteiger partial charge on any atom is 0.248 e. The van der Waals surface area contributed by atoms with Crippen LogP contribution in [-0.4, -0.2) is 54.8 Å². The molecule has 0 spiro atoms. The second kappa shape index (κ2) is 4.53. The summed E-state index contributed by atoms with van der Waals surface area (Å²) in [5.74, 6) is -0.669. The molecule has 1 heterocycles. The van der Waals surface area contributed by atoms with Gasteiger partial charge in [0.1, 0.15) is 21.4 Å². The Bertz CT molecular complexity index is 469. The van der Waals surface area contributed by atoms with Crippen LogP contribution in [0, 0.1) is 0 Å². The summed E-state index contributed by atoms with van der Waals surface area (Å²) in [5.41, 5.74) is -0.991. The second-order valence-electron chi connectivity index (χ2n) is 5.44. The number of piperazine rings is 1. The molecule has 18 heavy (non-hydrogen) atoms. The van der Waals surface area contributed by atoms with Crippen LogP contribution in [0.2, 0.25) is 0 Å². The minimum Gasteiger partial charge on any atom is -0.340 e. The van der Waals surface area contributed by atoms with Crippen molar-refractivity contribution in [3.63, 3.8) is 0 Å². The van der Waals surface area contributed by atoms with Crippen LogP contribution in [0.4, 0.5) is 0 Å². The van der Waals surface area contributed by atoms with Gasteiger partial charge in [-0.15, -0.1) is 0 Å². The molecular weight excluding hydrogens is 256 g/mol. The summed E-state index contributed by atoms with van der Waals surface area (Å²) in [6.07, 6.45) is 1.12. The maximum absolute atomic E-state index is 12.2. The van der Waals surface area contributed by atoms with Gasteiger partial charge in [0.15, 0.2) is 0 Å². The lowest BCUT2D eigenvalue weighted by Crippen LogP contribution is -2.69. The summed E-state index contributed by atoms with van der Waals surface area (Å²) >= 11 is 0. The number of hydrogen-bond donors (Lipinski definition) is 1. The highest BCUT2D eigenvalue weighted by Crippen LogP contribution is 2.20. The van der Waals surface area contributed by atoms with Crippen molar-refractivity contribution in [3.05, 3.63) is 0 Å². The number of nitrogens with one attached hydrogen (secondary N) is 1. The van der Waals surface area contributed by atoms with E-state index in [1.54, 1.807) is 27.7 Å². The summed E-state index contributed by atoms with van der Waals surface area (Å²) < 4.78 is 22.6. The highest BCUT2D eigenvalue weighted by atomic mass is 32.2. The average molecular weight is 276 g/mol. The molecule has 1 aliphatic rings. The highest BCUT2D eigenvalue weighted by Gasteiger charge is 2.45. The molecule has 1 fully saturated rings. The third-order valence-corrected chi connectivity index (χ3v) is 4.11. The molecule has 0 aliphatic carbocycles. The van der Waals surface area contributed by atoms with Crippen LogP contribution in [0.1, 0.15) is 27.7 Å². The van der Waals surface area contributed by atoms with Crippen molar-refractivity contribution in [1.29, 1.82) is 0 Å². The Balaban J connectivity index is 3.04. The molecule has 0 saturated carbocycles. The van der Waals surface area contributed by atoms with Crippen molar-refractivity contribution < 1.29 is 18.0 Å². The SMILES string of the molecule is CC(CS(C)(=O)=O)N1C(=O)C(C)(C)NC(=O)C1C. The van der Waals surface area contributed by atoms with Crippen molar-refractivity contribution in [2.45, 2.75) is 45.3 Å². The van der Waals surface area contributed by atoms with Gasteiger partial charge in [0.2, 0.25) is 11.8 Å². The van der Waals surface area contributed by atoms with E-state index in [1.165, 1.54) is 4.90 Å². The quantitative estimate of drug-likeness (QED) is 0.756. The van der Waals surface area contributed by atoms with Crippen LogP contribution in [0.15, 0.2) is 0 Å². The van der Waals surface area contributed by atoms with E-state index >= 15 is 0 Å². The van der Waals surface area contributed by atoms with Crippen molar-refractivity contribution in [2.75, 3.05) is 12.0 Å². The molecule has 6 nitrogen and oxygen atoms in total. The number of carbonyl (C=O) groups excluding carboxylic acids is 2. The van der Waals surface area contributed by atoms with Crippen LogP contribution < -0.4 is 5.32 Å². The van der Waals surface area contributed by atoms with Crippen LogP contribution in [0.3, 0.4) is 0 Å². The fraction of sp³-hybridized carbons (Fsp3) is 0.818. The Hall–Kier alpha value is -1.11. The van der Waals surface area contributed by atoms with Gasteiger partial charge in [0, 0.05) is 12.3 Å². The maximum atomic E-state index is 12.2. The van der Waals surface area contributed by atoms with Gasteiger partial charge in [0.25, 0.3) is 0 Å². The molecule has 0 aromatic rings. The van der Waals surface area contributed by atoms with Gasteiger partial charge >= 0.3 is 0 Å². The van der Waals surface area contributed by atoms with E-state index in [4.69, 9.17) is 0 Å². The Morgan fingerprint density at radius 3 is 2.33 bits per heavy atom. The second-order valence-corrected chi connectivity index (χ2v) is 7.63. The Morgan fingerprint density at radius 1 is 1.39 bits per heavy atom. The Kier molecular flexibility index (Phi) is 3.76. The summed E-state index contributed by atoms with van der Waals surface area (Å²) in [7, 11) is -3.20. The molecule has 1 aliphatic heterocycles. The number of rotatable bonds is 3. The average Bonchev–Trinajstić information content (AvgIpc) is 2.11. The number of hydrogen-bond acceptors (Lipinski definition) is 4. The lowest BCUT2D eigenvalue weighted by molar-refractivity contribution is -0.154. The third-order valence-electron chi connectivity index (χ3n) is 3.02. The van der Waals surface area contributed by atoms with Gasteiger partial charge in [-0.1, -0.05) is 0 Å². The minimum atomic E-state index is -3.20. The van der Waals surface area contributed by atoms with Gasteiger partial charge in [-0.25, -0.2) is 8.42 Å². The topological polar surface area (TPSA) is 83.6 Å². The Labute approximate surface area is 108 Å². The summed E-state index contributed by atoms with van der Waals surface area (Å²) in [6.45, 7) is 6.46. The van der Waals surface area contributed by atoms with Crippen molar-refractivity contribution in [3.8, 4) is 0 Å². The fourth-order valence-corrected chi connectivity index (χ4v) is 3.23. The molecule has 2 atom stereocenters. The molecule has 1 N–H and O–H groups in total. The van der Waals surface area contributed by atoms with E-state index in [1.807, 2.05) is 0 Å². The predicted octanol–water partition coefficient (Wildman–Crippen LogP) is -0.455. The number of sulfone groups is 1. The number of amides is 2. The first kappa shape index (κ1) is 14.9. The zero-order valence-corrected chi connectivity index (χ0v) is 12.2. The van der Waals surface area contributed by atoms with Gasteiger partial charge < -0.3 is 10.2 Å². The van der Waals surface area contributed by atoms with E-state index < -0.39 is 27.5 Å². The van der Waals surface area contributed by atoms with E-state index in [0.29, 0.717) is 0 Å². The molecule has 1 rings (SSSR count). The molecular formula is C11H20N2O4S. The predicted molar refractivity (Wildman–Crippen MR) is 67.7 cm³/mol. The van der Waals surface area contributed by atoms with Crippen molar-refractivity contribution >= 4 is 21.7 Å². The molecule has 104 valence electrons. The fourth-order valence-electron chi connectivity index (χ4n) is 2.19. The minimum absolute atomic E-state index is 0.146. The van der Waals surface area contributed by atoms with Crippen LogP contribution in [0.5, 0.6) is 0 Å². The monoisotopic (exact) mass is 276 g/mol. The normalized spacial score (nSPS) is 25.8. The molecule has 0 radical (unpaired) electrons. The zero-order valence-electron chi connectivity index (χ0n) is 11.4. The van der Waals surface area contributed by atoms with Gasteiger partial charge in [-0.05, 0) is 27.7 Å². The smallest absolute Gasteiger partial charge is 0.248 e. The molecule has 2 amide bonds. The first-order chi connectivity index (χ1) is 7.96. The van der Waals surface area contributed by atoms with E-state index in [2.05, 4.69) is 5.32 Å². The van der Waals surface area contributed by atoms with E-state index in [9.17, 15) is 18.0 Å². The van der Waals surface area contributed by atoms with Crippen molar-refractivity contribution in [2.24, 2.45) is 0 Å². The zero-order chi connectivity index (χ0) is 14.3. The lowest BCUT2D eigenvalue weighted by atomic mass is 9.96. The summed E-state index contributed by atoms with van der Waals surface area (Å²) in [4.78, 5) is 25.4. The number of nitrogens with zero attached hydrogens (tertiary/aromatic N) is 1. The first-order valence-corrected chi connectivity index (χ1v) is 7.84. The van der Waals surface area contributed by atoms with Crippen LogP contribution in [0.25, 0.3) is 0 Å². The molecule has 0 aromatic heterocycles. The van der Waals surface area contributed by atoms with Gasteiger partial charge in [0.05, 0.1) is 5.75 Å². The number of carbonyl (C=O) groups is 2.